The van der Waals surface area contributed by atoms with Gasteiger partial charge in [0.15, 0.2) is 0 Å². The molecule has 1 heterocycles. The summed E-state index contributed by atoms with van der Waals surface area (Å²) in [4.78, 5) is 17.8. The maximum atomic E-state index is 13.2. The lowest BCUT2D eigenvalue weighted by Gasteiger charge is -2.63. The second kappa shape index (κ2) is 7.58. The van der Waals surface area contributed by atoms with Crippen LogP contribution in [0.4, 0.5) is 0 Å². The second-order valence-corrected chi connectivity index (χ2v) is 13.7. The maximum absolute atomic E-state index is 13.2. The van der Waals surface area contributed by atoms with Gasteiger partial charge >= 0.3 is 0 Å². The van der Waals surface area contributed by atoms with E-state index in [0.717, 1.165) is 41.6 Å². The number of rotatable bonds is 2. The zero-order valence-corrected chi connectivity index (χ0v) is 22.4. The molecule has 4 saturated carbocycles. The van der Waals surface area contributed by atoms with E-state index in [-0.39, 0.29) is 11.4 Å². The van der Waals surface area contributed by atoms with Gasteiger partial charge in [-0.25, -0.2) is 0 Å². The normalized spacial score (nSPS) is 46.3. The molecule has 1 unspecified atom stereocenters. The van der Waals surface area contributed by atoms with E-state index in [4.69, 9.17) is 0 Å². The van der Waals surface area contributed by atoms with E-state index < -0.39 is 0 Å². The molecule has 3 heteroatoms. The Morgan fingerprint density at radius 2 is 1.68 bits per heavy atom. The summed E-state index contributed by atoms with van der Waals surface area (Å²) in [6.45, 7) is 7.81. The molecule has 9 atom stereocenters. The second-order valence-electron chi connectivity index (χ2n) is 13.7. The average molecular weight is 463 g/mol. The first-order chi connectivity index (χ1) is 16.1. The summed E-state index contributed by atoms with van der Waals surface area (Å²) in [5, 5.41) is 0. The van der Waals surface area contributed by atoms with Gasteiger partial charge in [-0.15, -0.1) is 0 Å². The Bertz CT molecular complexity index is 987. The molecular formula is C31H46N2O. The lowest BCUT2D eigenvalue weighted by Crippen LogP contribution is -2.57. The topological polar surface area (TPSA) is 23.6 Å². The summed E-state index contributed by atoms with van der Waals surface area (Å²) in [7, 11) is 6.63. The first kappa shape index (κ1) is 23.1. The van der Waals surface area contributed by atoms with Crippen LogP contribution in [0.3, 0.4) is 0 Å². The van der Waals surface area contributed by atoms with Crippen molar-refractivity contribution >= 4 is 5.91 Å². The van der Waals surface area contributed by atoms with Crippen LogP contribution < -0.4 is 0 Å². The van der Waals surface area contributed by atoms with Gasteiger partial charge in [-0.2, -0.15) is 0 Å². The molecule has 186 valence electrons. The quantitative estimate of drug-likeness (QED) is 0.496. The molecule has 0 aromatic heterocycles. The zero-order valence-electron chi connectivity index (χ0n) is 22.4. The lowest BCUT2D eigenvalue weighted by molar-refractivity contribution is -0.134. The van der Waals surface area contributed by atoms with Crippen LogP contribution in [-0.4, -0.2) is 42.9 Å². The first-order valence-electron chi connectivity index (χ1n) is 14.2. The smallest absolute Gasteiger partial charge is 0.254 e. The van der Waals surface area contributed by atoms with E-state index in [9.17, 15) is 4.79 Å². The van der Waals surface area contributed by atoms with Gasteiger partial charge in [0, 0.05) is 18.7 Å². The highest BCUT2D eigenvalue weighted by molar-refractivity contribution is 5.99. The van der Waals surface area contributed by atoms with Crippen molar-refractivity contribution in [1.29, 1.82) is 0 Å². The first-order valence-corrected chi connectivity index (χ1v) is 14.2. The predicted octanol–water partition coefficient (Wildman–Crippen LogP) is 6.58. The van der Waals surface area contributed by atoms with E-state index >= 15 is 0 Å². The minimum Gasteiger partial charge on any atom is -0.332 e. The van der Waals surface area contributed by atoms with Crippen LogP contribution in [-0.2, 0) is 5.54 Å². The van der Waals surface area contributed by atoms with Gasteiger partial charge in [0.05, 0.1) is 5.54 Å². The molecule has 0 N–H and O–H groups in total. The summed E-state index contributed by atoms with van der Waals surface area (Å²) >= 11 is 0. The van der Waals surface area contributed by atoms with Crippen LogP contribution in [0.1, 0.15) is 94.5 Å². The molecule has 4 fully saturated rings. The molecule has 34 heavy (non-hydrogen) atoms. The SMILES string of the molecule is C[C@@H]([C@H]1CC[C@H]2[C@@H]3CC[C@@H]4C[C@@]5(CC[C@]4(C)C3CC[C@]12C)c1ccccc1C(=O)N5C)N(C)C. The van der Waals surface area contributed by atoms with Gasteiger partial charge in [-0.1, -0.05) is 32.0 Å². The van der Waals surface area contributed by atoms with Crippen molar-refractivity contribution in [2.24, 2.45) is 40.4 Å². The largest absolute Gasteiger partial charge is 0.332 e. The van der Waals surface area contributed by atoms with Crippen molar-refractivity contribution in [3.05, 3.63) is 35.4 Å². The third-order valence-corrected chi connectivity index (χ3v) is 12.8. The molecule has 1 aliphatic heterocycles. The molecule has 6 rings (SSSR count). The number of carbonyl (C=O) groups is 1. The Kier molecular flexibility index (Phi) is 5.14. The highest BCUT2D eigenvalue weighted by Gasteiger charge is 2.63. The van der Waals surface area contributed by atoms with Crippen LogP contribution in [0.15, 0.2) is 24.3 Å². The van der Waals surface area contributed by atoms with Crippen molar-refractivity contribution in [1.82, 2.24) is 9.80 Å². The Hall–Kier alpha value is -1.35. The van der Waals surface area contributed by atoms with Gasteiger partial charge in [0.2, 0.25) is 0 Å². The van der Waals surface area contributed by atoms with Gasteiger partial charge in [-0.05, 0) is 131 Å². The van der Waals surface area contributed by atoms with Crippen molar-refractivity contribution in [2.45, 2.75) is 90.1 Å². The van der Waals surface area contributed by atoms with Gasteiger partial charge in [0.25, 0.3) is 5.91 Å². The number of amides is 1. The molecule has 5 aliphatic rings. The third kappa shape index (κ3) is 2.83. The molecule has 1 amide bonds. The molecule has 1 spiro atoms. The average Bonchev–Trinajstić information content (AvgIpc) is 3.28. The number of hydrogen-bond donors (Lipinski definition) is 0. The Morgan fingerprint density at radius 1 is 0.941 bits per heavy atom. The van der Waals surface area contributed by atoms with Crippen LogP contribution in [0, 0.1) is 40.4 Å². The summed E-state index contributed by atoms with van der Waals surface area (Å²) < 4.78 is 0. The summed E-state index contributed by atoms with van der Waals surface area (Å²) in [6.07, 6.45) is 12.1. The maximum Gasteiger partial charge on any atom is 0.254 e. The predicted molar refractivity (Wildman–Crippen MR) is 139 cm³/mol. The van der Waals surface area contributed by atoms with Crippen molar-refractivity contribution in [2.75, 3.05) is 21.1 Å². The fourth-order valence-corrected chi connectivity index (χ4v) is 10.6. The fourth-order valence-electron chi connectivity index (χ4n) is 10.6. The van der Waals surface area contributed by atoms with Crippen LogP contribution in [0.5, 0.6) is 0 Å². The van der Waals surface area contributed by atoms with Gasteiger partial charge in [0.1, 0.15) is 0 Å². The van der Waals surface area contributed by atoms with Crippen molar-refractivity contribution in [3.63, 3.8) is 0 Å². The molecule has 4 aliphatic carbocycles. The fraction of sp³-hybridized carbons (Fsp3) is 0.774. The third-order valence-electron chi connectivity index (χ3n) is 12.8. The molecule has 1 aromatic carbocycles. The van der Waals surface area contributed by atoms with Crippen LogP contribution >= 0.6 is 0 Å². The number of carbonyl (C=O) groups excluding carboxylic acids is 1. The summed E-state index contributed by atoms with van der Waals surface area (Å²) in [5.41, 5.74) is 3.19. The zero-order chi connectivity index (χ0) is 24.0. The number of nitrogens with zero attached hydrogens (tertiary/aromatic N) is 2. The van der Waals surface area contributed by atoms with Crippen LogP contribution in [0.2, 0.25) is 0 Å². The molecule has 0 saturated heterocycles. The molecule has 3 nitrogen and oxygen atoms in total. The van der Waals surface area contributed by atoms with Gasteiger partial charge < -0.3 is 9.80 Å². The monoisotopic (exact) mass is 462 g/mol. The minimum atomic E-state index is -0.0620. The Morgan fingerprint density at radius 3 is 2.44 bits per heavy atom. The standard InChI is InChI=1S/C31H46N2O/c1-20(32(4)5)24-13-14-25-22-12-11-21-19-31(27-10-8-7-9-23(27)28(34)33(31)6)18-17-29(21,2)26(22)15-16-30(24,25)3/h7-10,20-22,24-26H,11-19H2,1-6H3/t20-,21+,22-,24+,25-,26?,29-,30+,31-/m0/s1. The molecular weight excluding hydrogens is 416 g/mol. The van der Waals surface area contributed by atoms with Crippen molar-refractivity contribution < 1.29 is 4.79 Å². The number of fused-ring (bicyclic) bond motifs is 7. The van der Waals surface area contributed by atoms with Gasteiger partial charge in [-0.3, -0.25) is 4.79 Å². The molecule has 0 radical (unpaired) electrons. The highest BCUT2D eigenvalue weighted by atomic mass is 16.2. The van der Waals surface area contributed by atoms with E-state index in [1.165, 1.54) is 56.9 Å². The van der Waals surface area contributed by atoms with E-state index in [0.29, 0.717) is 16.9 Å². The summed E-state index contributed by atoms with van der Waals surface area (Å²) in [6, 6.07) is 9.17. The van der Waals surface area contributed by atoms with E-state index in [1.54, 1.807) is 0 Å². The van der Waals surface area contributed by atoms with E-state index in [1.807, 2.05) is 6.07 Å². The van der Waals surface area contributed by atoms with Crippen LogP contribution in [0.25, 0.3) is 0 Å². The Balaban J connectivity index is 1.28. The molecule has 1 aromatic rings. The number of hydrogen-bond acceptors (Lipinski definition) is 2. The minimum absolute atomic E-state index is 0.0620. The Labute approximate surface area is 207 Å². The highest BCUT2D eigenvalue weighted by Crippen LogP contribution is 2.69. The molecule has 0 bridgehead atoms. The lowest BCUT2D eigenvalue weighted by atomic mass is 9.43. The summed E-state index contributed by atoms with van der Waals surface area (Å²) in [5.74, 6) is 4.56. The van der Waals surface area contributed by atoms with Crippen molar-refractivity contribution in [3.8, 4) is 0 Å². The van der Waals surface area contributed by atoms with E-state index in [2.05, 4.69) is 69.9 Å². The number of benzene rings is 1.